The van der Waals surface area contributed by atoms with Gasteiger partial charge in [-0.1, -0.05) is 0 Å². The molecule has 6 nitrogen and oxygen atoms in total. The molecule has 4 heterocycles. The molecule has 0 spiro atoms. The van der Waals surface area contributed by atoms with Crippen molar-refractivity contribution in [3.63, 3.8) is 0 Å². The summed E-state index contributed by atoms with van der Waals surface area (Å²) >= 11 is 0. The first kappa shape index (κ1) is 19.9. The third-order valence-corrected chi connectivity index (χ3v) is 6.57. The first-order chi connectivity index (χ1) is 14.8. The van der Waals surface area contributed by atoms with Crippen LogP contribution in [0.5, 0.6) is 0 Å². The quantitative estimate of drug-likeness (QED) is 0.536. The van der Waals surface area contributed by atoms with Gasteiger partial charge in [-0.25, -0.2) is 13.9 Å². The first-order valence-electron chi connectivity index (χ1n) is 10.7. The number of aromatic nitrogens is 4. The number of fused-ring (bicyclic) bond motifs is 2. The molecule has 1 fully saturated rings. The average molecular weight is 419 g/mol. The van der Waals surface area contributed by atoms with E-state index < -0.39 is 0 Å². The number of hydrogen-bond acceptors (Lipinski definition) is 5. The lowest BCUT2D eigenvalue weighted by Gasteiger charge is -2.39. The summed E-state index contributed by atoms with van der Waals surface area (Å²) in [5, 5.41) is 5.46. The van der Waals surface area contributed by atoms with E-state index in [0.717, 1.165) is 53.8 Å². The zero-order chi connectivity index (χ0) is 21.8. The van der Waals surface area contributed by atoms with E-state index in [1.807, 2.05) is 35.2 Å². The van der Waals surface area contributed by atoms with Crippen molar-refractivity contribution in [2.45, 2.75) is 39.2 Å². The van der Waals surface area contributed by atoms with Crippen LogP contribution in [-0.2, 0) is 0 Å². The van der Waals surface area contributed by atoms with Crippen LogP contribution in [0.2, 0.25) is 0 Å². The van der Waals surface area contributed by atoms with Gasteiger partial charge in [0.15, 0.2) is 5.65 Å². The second kappa shape index (κ2) is 7.27. The Morgan fingerprint density at radius 2 is 1.87 bits per heavy atom. The van der Waals surface area contributed by atoms with E-state index in [1.165, 1.54) is 6.07 Å². The number of pyridine rings is 1. The van der Waals surface area contributed by atoms with E-state index in [2.05, 4.69) is 28.8 Å². The Bertz CT molecular complexity index is 1260. The minimum Gasteiger partial charge on any atom is -0.369 e. The standard InChI is InChI=1S/C24H27FN6/c1-15-10-19-18(4-7-27-22(19)11-21(15)25)20-13-29-31-14-17(12-28-23(20)31)30-8-5-16(6-9-30)24(2,3)26/h4,7,10-14,16H,5-6,8-9,26H2,1-3H3. The van der Waals surface area contributed by atoms with Crippen LogP contribution in [0.25, 0.3) is 27.7 Å². The molecule has 2 N–H and O–H groups in total. The smallest absolute Gasteiger partial charge is 0.162 e. The van der Waals surface area contributed by atoms with Gasteiger partial charge in [-0.3, -0.25) is 4.98 Å². The first-order valence-corrected chi connectivity index (χ1v) is 10.7. The summed E-state index contributed by atoms with van der Waals surface area (Å²) in [6.07, 6.45) is 9.63. The van der Waals surface area contributed by atoms with Crippen molar-refractivity contribution in [1.29, 1.82) is 0 Å². The molecule has 1 aliphatic heterocycles. The number of nitrogens with zero attached hydrogens (tertiary/aromatic N) is 5. The molecule has 7 heteroatoms. The maximum atomic E-state index is 14.0. The Labute approximate surface area is 180 Å². The molecule has 4 aromatic rings. The van der Waals surface area contributed by atoms with Crippen molar-refractivity contribution in [2.75, 3.05) is 18.0 Å². The molecular weight excluding hydrogens is 391 g/mol. The number of anilines is 1. The van der Waals surface area contributed by atoms with Gasteiger partial charge in [-0.2, -0.15) is 5.10 Å². The summed E-state index contributed by atoms with van der Waals surface area (Å²) in [5.74, 6) is 0.284. The minimum atomic E-state index is -0.249. The van der Waals surface area contributed by atoms with Gasteiger partial charge in [0.2, 0.25) is 0 Å². The van der Waals surface area contributed by atoms with Crippen molar-refractivity contribution in [2.24, 2.45) is 11.7 Å². The SMILES string of the molecule is Cc1cc2c(-c3cnn4cc(N5CCC(C(C)(C)N)CC5)cnc34)ccnc2cc1F. The molecule has 1 aliphatic rings. The van der Waals surface area contributed by atoms with Gasteiger partial charge in [0.25, 0.3) is 0 Å². The fraction of sp³-hybridized carbons (Fsp3) is 0.375. The van der Waals surface area contributed by atoms with Crippen LogP contribution in [0, 0.1) is 18.7 Å². The summed E-state index contributed by atoms with van der Waals surface area (Å²) in [4.78, 5) is 11.4. The van der Waals surface area contributed by atoms with Crippen molar-refractivity contribution in [1.82, 2.24) is 19.6 Å². The van der Waals surface area contributed by atoms with Crippen molar-refractivity contribution in [3.05, 3.63) is 54.4 Å². The molecule has 31 heavy (non-hydrogen) atoms. The number of nitrogens with two attached hydrogens (primary N) is 1. The third-order valence-electron chi connectivity index (χ3n) is 6.57. The molecule has 1 saturated heterocycles. The Morgan fingerprint density at radius 1 is 1.10 bits per heavy atom. The number of hydrogen-bond donors (Lipinski definition) is 1. The Morgan fingerprint density at radius 3 is 2.61 bits per heavy atom. The summed E-state index contributed by atoms with van der Waals surface area (Å²) in [5.41, 5.74) is 11.1. The minimum absolute atomic E-state index is 0.139. The van der Waals surface area contributed by atoms with Crippen molar-refractivity contribution in [3.8, 4) is 11.1 Å². The number of aryl methyl sites for hydroxylation is 1. The molecule has 5 rings (SSSR count). The molecule has 0 saturated carbocycles. The van der Waals surface area contributed by atoms with Crippen LogP contribution in [0.4, 0.5) is 10.1 Å². The van der Waals surface area contributed by atoms with E-state index in [4.69, 9.17) is 10.7 Å². The maximum Gasteiger partial charge on any atom is 0.162 e. The zero-order valence-electron chi connectivity index (χ0n) is 18.1. The van der Waals surface area contributed by atoms with Gasteiger partial charge in [-0.05, 0) is 62.8 Å². The van der Waals surface area contributed by atoms with Gasteiger partial charge in [0.1, 0.15) is 5.82 Å². The number of benzene rings is 1. The van der Waals surface area contributed by atoms with E-state index in [1.54, 1.807) is 13.1 Å². The normalized spacial score (nSPS) is 15.8. The van der Waals surface area contributed by atoms with Gasteiger partial charge < -0.3 is 10.6 Å². The molecule has 0 radical (unpaired) electrons. The highest BCUT2D eigenvalue weighted by molar-refractivity contribution is 5.98. The highest BCUT2D eigenvalue weighted by atomic mass is 19.1. The van der Waals surface area contributed by atoms with Crippen LogP contribution in [0.3, 0.4) is 0 Å². The molecular formula is C24H27FN6. The molecule has 0 atom stereocenters. The molecule has 0 unspecified atom stereocenters. The third kappa shape index (κ3) is 3.53. The van der Waals surface area contributed by atoms with Crippen LogP contribution < -0.4 is 10.6 Å². The van der Waals surface area contributed by atoms with Gasteiger partial charge in [0.05, 0.1) is 29.8 Å². The van der Waals surface area contributed by atoms with Crippen LogP contribution in [0.1, 0.15) is 32.3 Å². The molecule has 160 valence electrons. The summed E-state index contributed by atoms with van der Waals surface area (Å²) < 4.78 is 15.8. The molecule has 0 bridgehead atoms. The maximum absolute atomic E-state index is 14.0. The molecule has 1 aromatic carbocycles. The second-order valence-corrected chi connectivity index (χ2v) is 9.20. The predicted molar refractivity (Wildman–Crippen MR) is 122 cm³/mol. The van der Waals surface area contributed by atoms with Gasteiger partial charge in [-0.15, -0.1) is 0 Å². The summed E-state index contributed by atoms with van der Waals surface area (Å²) in [6, 6.07) is 5.26. The number of rotatable bonds is 3. The number of halogens is 1. The lowest BCUT2D eigenvalue weighted by atomic mass is 9.81. The molecule has 0 aliphatic carbocycles. The second-order valence-electron chi connectivity index (χ2n) is 9.20. The topological polar surface area (TPSA) is 72.3 Å². The van der Waals surface area contributed by atoms with Crippen LogP contribution in [-0.4, -0.2) is 38.2 Å². The molecule has 3 aromatic heterocycles. The predicted octanol–water partition coefficient (Wildman–Crippen LogP) is 4.35. The zero-order valence-corrected chi connectivity index (χ0v) is 18.1. The highest BCUT2D eigenvalue weighted by Crippen LogP contribution is 2.33. The lowest BCUT2D eigenvalue weighted by molar-refractivity contribution is 0.265. The van der Waals surface area contributed by atoms with Crippen molar-refractivity contribution < 1.29 is 4.39 Å². The Balaban J connectivity index is 1.49. The number of piperidine rings is 1. The molecule has 0 amide bonds. The highest BCUT2D eigenvalue weighted by Gasteiger charge is 2.29. The summed E-state index contributed by atoms with van der Waals surface area (Å²) in [7, 11) is 0. The largest absolute Gasteiger partial charge is 0.369 e. The monoisotopic (exact) mass is 418 g/mol. The van der Waals surface area contributed by atoms with Crippen LogP contribution >= 0.6 is 0 Å². The Hall–Kier alpha value is -3.06. The van der Waals surface area contributed by atoms with E-state index in [-0.39, 0.29) is 11.4 Å². The van der Waals surface area contributed by atoms with Gasteiger partial charge in [0, 0.05) is 41.8 Å². The average Bonchev–Trinajstić information content (AvgIpc) is 3.17. The van der Waals surface area contributed by atoms with Crippen molar-refractivity contribution >= 4 is 22.2 Å². The van der Waals surface area contributed by atoms with E-state index in [9.17, 15) is 4.39 Å². The Kier molecular flexibility index (Phi) is 4.66. The summed E-state index contributed by atoms with van der Waals surface area (Å²) in [6.45, 7) is 7.93. The van der Waals surface area contributed by atoms with E-state index >= 15 is 0 Å². The van der Waals surface area contributed by atoms with E-state index in [0.29, 0.717) is 17.0 Å². The van der Waals surface area contributed by atoms with Gasteiger partial charge >= 0.3 is 0 Å². The lowest BCUT2D eigenvalue weighted by Crippen LogP contribution is -2.47. The fourth-order valence-electron chi connectivity index (χ4n) is 4.61. The fourth-order valence-corrected chi connectivity index (χ4v) is 4.61. The van der Waals surface area contributed by atoms with Crippen LogP contribution in [0.15, 0.2) is 43.0 Å².